The van der Waals surface area contributed by atoms with Gasteiger partial charge in [-0.3, -0.25) is 4.79 Å². The van der Waals surface area contributed by atoms with Gasteiger partial charge in [-0.05, 0) is 31.7 Å². The topological polar surface area (TPSA) is 46.3 Å². The lowest BCUT2D eigenvalue weighted by atomic mass is 10.0. The normalized spacial score (nSPS) is 24.6. The molecule has 1 aliphatic heterocycles. The molecule has 0 spiro atoms. The molecule has 1 unspecified atom stereocenters. The molecular weight excluding hydrogens is 164 g/mol. The first-order chi connectivity index (χ1) is 6.24. The Morgan fingerprint density at radius 1 is 1.54 bits per heavy atom. The Morgan fingerprint density at radius 3 is 3.00 bits per heavy atom. The highest BCUT2D eigenvalue weighted by atomic mass is 16.2. The fourth-order valence-electron chi connectivity index (χ4n) is 1.69. The second kappa shape index (κ2) is 5.22. The minimum Gasteiger partial charge on any atom is -0.343 e. The third-order valence-electron chi connectivity index (χ3n) is 2.73. The van der Waals surface area contributed by atoms with Crippen molar-refractivity contribution in [1.29, 1.82) is 0 Å². The summed E-state index contributed by atoms with van der Waals surface area (Å²) >= 11 is 0. The summed E-state index contributed by atoms with van der Waals surface area (Å²) in [5.74, 6) is 1.02. The van der Waals surface area contributed by atoms with Crippen LogP contribution >= 0.6 is 0 Å². The van der Waals surface area contributed by atoms with Crippen LogP contribution in [0.25, 0.3) is 0 Å². The predicted molar refractivity (Wildman–Crippen MR) is 53.3 cm³/mol. The van der Waals surface area contributed by atoms with Crippen LogP contribution in [0.15, 0.2) is 0 Å². The van der Waals surface area contributed by atoms with E-state index >= 15 is 0 Å². The molecule has 0 aromatic heterocycles. The zero-order valence-electron chi connectivity index (χ0n) is 8.46. The monoisotopic (exact) mass is 184 g/mol. The molecule has 0 aromatic carbocycles. The summed E-state index contributed by atoms with van der Waals surface area (Å²) in [4.78, 5) is 13.5. The van der Waals surface area contributed by atoms with Crippen LogP contribution in [0.4, 0.5) is 0 Å². The van der Waals surface area contributed by atoms with E-state index in [0.29, 0.717) is 18.4 Å². The Kier molecular flexibility index (Phi) is 4.22. The smallest absolute Gasteiger partial charge is 0.222 e. The first-order valence-corrected chi connectivity index (χ1v) is 5.22. The van der Waals surface area contributed by atoms with Crippen molar-refractivity contribution in [3.8, 4) is 0 Å². The molecule has 0 aliphatic carbocycles. The summed E-state index contributed by atoms with van der Waals surface area (Å²) in [5, 5.41) is 0. The number of nitrogens with zero attached hydrogens (tertiary/aromatic N) is 1. The van der Waals surface area contributed by atoms with Gasteiger partial charge >= 0.3 is 0 Å². The quantitative estimate of drug-likeness (QED) is 0.711. The zero-order chi connectivity index (χ0) is 9.68. The number of hydrogen-bond donors (Lipinski definition) is 1. The molecule has 1 saturated heterocycles. The van der Waals surface area contributed by atoms with Crippen molar-refractivity contribution in [1.82, 2.24) is 4.90 Å². The average molecular weight is 184 g/mol. The Labute approximate surface area is 80.3 Å². The Bertz CT molecular complexity index is 170. The molecule has 0 aromatic rings. The number of likely N-dealkylation sites (tertiary alicyclic amines) is 1. The number of hydrogen-bond acceptors (Lipinski definition) is 2. The summed E-state index contributed by atoms with van der Waals surface area (Å²) in [6.45, 7) is 4.68. The van der Waals surface area contributed by atoms with Crippen LogP contribution in [0.2, 0.25) is 0 Å². The van der Waals surface area contributed by atoms with Crippen LogP contribution in [0, 0.1) is 5.92 Å². The minimum atomic E-state index is 0.317. The Morgan fingerprint density at radius 2 is 2.31 bits per heavy atom. The molecule has 0 bridgehead atoms. The minimum absolute atomic E-state index is 0.317. The first kappa shape index (κ1) is 10.5. The lowest BCUT2D eigenvalue weighted by Crippen LogP contribution is -2.32. The van der Waals surface area contributed by atoms with E-state index in [1.807, 2.05) is 4.90 Å². The van der Waals surface area contributed by atoms with Gasteiger partial charge in [-0.15, -0.1) is 0 Å². The van der Waals surface area contributed by atoms with Crippen molar-refractivity contribution in [3.05, 3.63) is 0 Å². The van der Waals surface area contributed by atoms with E-state index < -0.39 is 0 Å². The number of rotatable bonds is 3. The van der Waals surface area contributed by atoms with E-state index in [0.717, 1.165) is 38.8 Å². The predicted octanol–water partition coefficient (Wildman–Crippen LogP) is 0.984. The number of carbonyl (C=O) groups excluding carboxylic acids is 1. The third kappa shape index (κ3) is 3.35. The van der Waals surface area contributed by atoms with E-state index in [2.05, 4.69) is 6.92 Å². The fourth-order valence-corrected chi connectivity index (χ4v) is 1.69. The van der Waals surface area contributed by atoms with Crippen LogP contribution in [0.1, 0.15) is 32.6 Å². The van der Waals surface area contributed by atoms with E-state index in [9.17, 15) is 4.79 Å². The van der Waals surface area contributed by atoms with Gasteiger partial charge in [0.1, 0.15) is 0 Å². The molecule has 3 heteroatoms. The number of nitrogens with two attached hydrogens (primary N) is 1. The summed E-state index contributed by atoms with van der Waals surface area (Å²) in [7, 11) is 0. The van der Waals surface area contributed by atoms with Gasteiger partial charge in [0.15, 0.2) is 0 Å². The maximum absolute atomic E-state index is 11.6. The van der Waals surface area contributed by atoms with Crippen molar-refractivity contribution in [2.75, 3.05) is 19.6 Å². The van der Waals surface area contributed by atoms with Crippen molar-refractivity contribution < 1.29 is 4.79 Å². The first-order valence-electron chi connectivity index (χ1n) is 5.22. The number of amides is 1. The molecular formula is C10H20N2O. The summed E-state index contributed by atoms with van der Waals surface area (Å²) in [6.07, 6.45) is 3.86. The largest absolute Gasteiger partial charge is 0.343 e. The van der Waals surface area contributed by atoms with Crippen LogP contribution < -0.4 is 5.73 Å². The van der Waals surface area contributed by atoms with Gasteiger partial charge in [-0.1, -0.05) is 6.92 Å². The third-order valence-corrected chi connectivity index (χ3v) is 2.73. The highest BCUT2D eigenvalue weighted by molar-refractivity contribution is 5.76. The molecule has 0 saturated carbocycles. The van der Waals surface area contributed by atoms with Crippen molar-refractivity contribution in [2.24, 2.45) is 11.7 Å². The summed E-state index contributed by atoms with van der Waals surface area (Å²) in [6, 6.07) is 0. The summed E-state index contributed by atoms with van der Waals surface area (Å²) in [5.41, 5.74) is 5.42. The zero-order valence-corrected chi connectivity index (χ0v) is 8.46. The molecule has 3 nitrogen and oxygen atoms in total. The van der Waals surface area contributed by atoms with Crippen molar-refractivity contribution >= 4 is 5.91 Å². The van der Waals surface area contributed by atoms with Gasteiger partial charge in [-0.25, -0.2) is 0 Å². The van der Waals surface area contributed by atoms with Crippen molar-refractivity contribution in [3.63, 3.8) is 0 Å². The van der Waals surface area contributed by atoms with E-state index in [4.69, 9.17) is 5.73 Å². The molecule has 1 fully saturated rings. The molecule has 1 atom stereocenters. The molecule has 0 radical (unpaired) electrons. The van der Waals surface area contributed by atoms with Gasteiger partial charge in [-0.2, -0.15) is 0 Å². The maximum atomic E-state index is 11.6. The summed E-state index contributed by atoms with van der Waals surface area (Å²) < 4.78 is 0. The lowest BCUT2D eigenvalue weighted by molar-refractivity contribution is -0.130. The van der Waals surface area contributed by atoms with Gasteiger partial charge < -0.3 is 10.6 Å². The highest BCUT2D eigenvalue weighted by Gasteiger charge is 2.18. The van der Waals surface area contributed by atoms with Crippen molar-refractivity contribution in [2.45, 2.75) is 32.6 Å². The van der Waals surface area contributed by atoms with Crippen LogP contribution in [0.3, 0.4) is 0 Å². The van der Waals surface area contributed by atoms with Crippen LogP contribution in [-0.4, -0.2) is 30.4 Å². The van der Waals surface area contributed by atoms with Gasteiger partial charge in [0.2, 0.25) is 5.91 Å². The van der Waals surface area contributed by atoms with Crippen LogP contribution in [0.5, 0.6) is 0 Å². The lowest BCUT2D eigenvalue weighted by Gasteiger charge is -2.19. The fraction of sp³-hybridized carbons (Fsp3) is 0.900. The Hall–Kier alpha value is -0.570. The van der Waals surface area contributed by atoms with E-state index in [1.54, 1.807) is 0 Å². The molecule has 1 aliphatic rings. The maximum Gasteiger partial charge on any atom is 0.222 e. The molecule has 1 amide bonds. The SMILES string of the molecule is CC1CCC(=O)N(CCCN)CC1. The molecule has 2 N–H and O–H groups in total. The van der Waals surface area contributed by atoms with Gasteiger partial charge in [0.25, 0.3) is 0 Å². The van der Waals surface area contributed by atoms with Crippen LogP contribution in [-0.2, 0) is 4.79 Å². The number of carbonyl (C=O) groups is 1. The molecule has 76 valence electrons. The standard InChI is InChI=1S/C10H20N2O/c1-9-3-4-10(13)12(8-5-9)7-2-6-11/h9H,2-8,11H2,1H3. The molecule has 1 heterocycles. The highest BCUT2D eigenvalue weighted by Crippen LogP contribution is 2.17. The second-order valence-corrected chi connectivity index (χ2v) is 3.96. The van der Waals surface area contributed by atoms with E-state index in [-0.39, 0.29) is 0 Å². The van der Waals surface area contributed by atoms with E-state index in [1.165, 1.54) is 0 Å². The molecule has 13 heavy (non-hydrogen) atoms. The Balaban J connectivity index is 2.38. The van der Waals surface area contributed by atoms with Gasteiger partial charge in [0, 0.05) is 19.5 Å². The molecule has 1 rings (SSSR count). The average Bonchev–Trinajstić information content (AvgIpc) is 2.28. The van der Waals surface area contributed by atoms with Gasteiger partial charge in [0.05, 0.1) is 0 Å². The second-order valence-electron chi connectivity index (χ2n) is 3.96.